The van der Waals surface area contributed by atoms with Crippen molar-refractivity contribution >= 4 is 54.1 Å². The molecule has 0 saturated carbocycles. The van der Waals surface area contributed by atoms with Crippen molar-refractivity contribution in [2.45, 2.75) is 18.1 Å². The molecule has 7 nitrogen and oxygen atoms in total. The van der Waals surface area contributed by atoms with E-state index in [1.54, 1.807) is 6.92 Å². The standard InChI is InChI=1S/C14H13BrN2O5S2/c1-7-13(24(3,20)21)23-14(16-7)17-12(19)10-5-4-9(6-11(10)15)22-8(2)18/h4-6H,1-3H3,(H,16,17,19). The molecule has 128 valence electrons. The minimum absolute atomic E-state index is 0.113. The number of hydrogen-bond donors (Lipinski definition) is 1. The second-order valence-corrected chi connectivity index (χ2v) is 8.92. The van der Waals surface area contributed by atoms with Crippen LogP contribution in [0.4, 0.5) is 5.13 Å². The number of rotatable bonds is 4. The number of halogens is 1. The fourth-order valence-corrected chi connectivity index (χ4v) is 4.51. The van der Waals surface area contributed by atoms with E-state index < -0.39 is 21.7 Å². The number of amides is 1. The van der Waals surface area contributed by atoms with E-state index >= 15 is 0 Å². The van der Waals surface area contributed by atoms with Gasteiger partial charge in [-0.25, -0.2) is 13.4 Å². The first-order valence-electron chi connectivity index (χ1n) is 6.54. The Balaban J connectivity index is 2.23. The van der Waals surface area contributed by atoms with Gasteiger partial charge in [-0.15, -0.1) is 0 Å². The molecule has 0 radical (unpaired) electrons. The molecule has 0 aliphatic carbocycles. The summed E-state index contributed by atoms with van der Waals surface area (Å²) in [6.07, 6.45) is 1.09. The quantitative estimate of drug-likeness (QED) is 0.588. The van der Waals surface area contributed by atoms with Crippen molar-refractivity contribution in [3.05, 3.63) is 33.9 Å². The number of carbonyl (C=O) groups excluding carboxylic acids is 2. The lowest BCUT2D eigenvalue weighted by Gasteiger charge is -2.06. The van der Waals surface area contributed by atoms with Gasteiger partial charge in [0.1, 0.15) is 9.96 Å². The van der Waals surface area contributed by atoms with Crippen LogP contribution >= 0.6 is 27.3 Å². The Morgan fingerprint density at radius 1 is 1.33 bits per heavy atom. The van der Waals surface area contributed by atoms with E-state index in [2.05, 4.69) is 26.2 Å². The van der Waals surface area contributed by atoms with Crippen LogP contribution in [-0.2, 0) is 14.6 Å². The van der Waals surface area contributed by atoms with Crippen LogP contribution in [0, 0.1) is 6.92 Å². The van der Waals surface area contributed by atoms with E-state index in [0.29, 0.717) is 21.5 Å². The number of esters is 1. The van der Waals surface area contributed by atoms with Crippen molar-refractivity contribution in [3.63, 3.8) is 0 Å². The third kappa shape index (κ3) is 4.40. The van der Waals surface area contributed by atoms with Gasteiger partial charge in [-0.1, -0.05) is 11.3 Å². The summed E-state index contributed by atoms with van der Waals surface area (Å²) in [5, 5.41) is 2.75. The summed E-state index contributed by atoms with van der Waals surface area (Å²) in [5.41, 5.74) is 0.627. The molecular weight excluding hydrogens is 420 g/mol. The van der Waals surface area contributed by atoms with Gasteiger partial charge in [-0.3, -0.25) is 14.9 Å². The van der Waals surface area contributed by atoms with Gasteiger partial charge in [0.2, 0.25) is 0 Å². The summed E-state index contributed by atoms with van der Waals surface area (Å²) in [7, 11) is -3.39. The Kier molecular flexibility index (Phi) is 5.41. The predicted molar refractivity (Wildman–Crippen MR) is 93.4 cm³/mol. The number of aromatic nitrogens is 1. The average molecular weight is 433 g/mol. The molecule has 0 fully saturated rings. The Morgan fingerprint density at radius 3 is 2.50 bits per heavy atom. The zero-order chi connectivity index (χ0) is 18.1. The van der Waals surface area contributed by atoms with Gasteiger partial charge in [0.25, 0.3) is 5.91 Å². The third-order valence-electron chi connectivity index (χ3n) is 2.76. The molecule has 2 rings (SSSR count). The zero-order valence-electron chi connectivity index (χ0n) is 12.9. The van der Waals surface area contributed by atoms with Crippen LogP contribution in [-0.4, -0.2) is 31.5 Å². The maximum atomic E-state index is 12.3. The topological polar surface area (TPSA) is 102 Å². The van der Waals surface area contributed by atoms with Crippen LogP contribution in [0.2, 0.25) is 0 Å². The SMILES string of the molecule is CC(=O)Oc1ccc(C(=O)Nc2nc(C)c(S(C)(=O)=O)s2)c(Br)c1. The van der Waals surface area contributed by atoms with Gasteiger partial charge in [0, 0.05) is 17.7 Å². The number of benzene rings is 1. The van der Waals surface area contributed by atoms with Crippen molar-refractivity contribution in [1.82, 2.24) is 4.98 Å². The lowest BCUT2D eigenvalue weighted by Crippen LogP contribution is -2.12. The highest BCUT2D eigenvalue weighted by Gasteiger charge is 2.19. The molecule has 1 N–H and O–H groups in total. The Hall–Kier alpha value is -1.78. The van der Waals surface area contributed by atoms with E-state index in [9.17, 15) is 18.0 Å². The third-order valence-corrected chi connectivity index (χ3v) is 6.41. The number of hydrogen-bond acceptors (Lipinski definition) is 7. The van der Waals surface area contributed by atoms with Crippen LogP contribution < -0.4 is 10.1 Å². The van der Waals surface area contributed by atoms with Crippen LogP contribution in [0.3, 0.4) is 0 Å². The predicted octanol–water partition coefficient (Wildman–Crippen LogP) is 2.80. The fraction of sp³-hybridized carbons (Fsp3) is 0.214. The molecule has 1 aromatic heterocycles. The Labute approximate surface area is 151 Å². The molecule has 1 aromatic carbocycles. The minimum Gasteiger partial charge on any atom is -0.427 e. The number of nitrogens with one attached hydrogen (secondary N) is 1. The van der Waals surface area contributed by atoms with Gasteiger partial charge in [-0.2, -0.15) is 0 Å². The molecule has 0 bridgehead atoms. The monoisotopic (exact) mass is 432 g/mol. The van der Waals surface area contributed by atoms with Crippen molar-refractivity contribution in [1.29, 1.82) is 0 Å². The van der Waals surface area contributed by atoms with Crippen LogP contribution in [0.25, 0.3) is 0 Å². The number of ether oxygens (including phenoxy) is 1. The van der Waals surface area contributed by atoms with E-state index in [-0.39, 0.29) is 9.34 Å². The van der Waals surface area contributed by atoms with Gasteiger partial charge in [0.15, 0.2) is 15.0 Å². The zero-order valence-corrected chi connectivity index (χ0v) is 16.1. The van der Waals surface area contributed by atoms with Gasteiger partial charge >= 0.3 is 5.97 Å². The summed E-state index contributed by atoms with van der Waals surface area (Å²) in [6, 6.07) is 4.46. The van der Waals surface area contributed by atoms with Gasteiger partial charge in [-0.05, 0) is 41.1 Å². The fourth-order valence-electron chi connectivity index (χ4n) is 1.85. The molecule has 0 aliphatic heterocycles. The lowest BCUT2D eigenvalue weighted by molar-refractivity contribution is -0.131. The van der Waals surface area contributed by atoms with Crippen molar-refractivity contribution < 1.29 is 22.7 Å². The molecule has 24 heavy (non-hydrogen) atoms. The van der Waals surface area contributed by atoms with E-state index in [1.807, 2.05) is 0 Å². The normalized spacial score (nSPS) is 11.2. The number of aryl methyl sites for hydroxylation is 1. The summed E-state index contributed by atoms with van der Waals surface area (Å²) in [4.78, 5) is 27.3. The van der Waals surface area contributed by atoms with Crippen molar-refractivity contribution in [2.75, 3.05) is 11.6 Å². The largest absolute Gasteiger partial charge is 0.427 e. The summed E-state index contributed by atoms with van der Waals surface area (Å²) >= 11 is 4.13. The minimum atomic E-state index is -3.39. The Bertz CT molecular complexity index is 921. The van der Waals surface area contributed by atoms with Crippen molar-refractivity contribution in [3.8, 4) is 5.75 Å². The molecule has 10 heteroatoms. The molecule has 0 spiro atoms. The molecule has 0 aliphatic rings. The average Bonchev–Trinajstić information content (AvgIpc) is 2.78. The molecule has 2 aromatic rings. The van der Waals surface area contributed by atoms with Crippen LogP contribution in [0.15, 0.2) is 26.9 Å². The second-order valence-electron chi connectivity index (χ2n) is 4.85. The number of carbonyl (C=O) groups is 2. The van der Waals surface area contributed by atoms with E-state index in [4.69, 9.17) is 4.74 Å². The smallest absolute Gasteiger partial charge is 0.308 e. The highest BCUT2D eigenvalue weighted by molar-refractivity contribution is 9.10. The Morgan fingerprint density at radius 2 is 2.00 bits per heavy atom. The molecule has 0 saturated heterocycles. The van der Waals surface area contributed by atoms with E-state index in [1.165, 1.54) is 25.1 Å². The number of sulfone groups is 1. The molecule has 1 amide bonds. The van der Waals surface area contributed by atoms with Crippen LogP contribution in [0.1, 0.15) is 23.0 Å². The first-order chi connectivity index (χ1) is 11.1. The highest BCUT2D eigenvalue weighted by Crippen LogP contribution is 2.29. The second kappa shape index (κ2) is 6.99. The molecule has 0 unspecified atom stereocenters. The lowest BCUT2D eigenvalue weighted by atomic mass is 10.2. The maximum absolute atomic E-state index is 12.3. The number of nitrogens with zero attached hydrogens (tertiary/aromatic N) is 1. The van der Waals surface area contributed by atoms with Gasteiger partial charge in [0.05, 0.1) is 11.3 Å². The summed E-state index contributed by atoms with van der Waals surface area (Å²) < 4.78 is 28.7. The van der Waals surface area contributed by atoms with Gasteiger partial charge < -0.3 is 4.74 Å². The first-order valence-corrected chi connectivity index (χ1v) is 10.0. The number of anilines is 1. The van der Waals surface area contributed by atoms with Crippen LogP contribution in [0.5, 0.6) is 5.75 Å². The summed E-state index contributed by atoms with van der Waals surface area (Å²) in [5.74, 6) is -0.633. The molecule has 0 atom stereocenters. The number of thiazole rings is 1. The maximum Gasteiger partial charge on any atom is 0.308 e. The highest BCUT2D eigenvalue weighted by atomic mass is 79.9. The molecule has 1 heterocycles. The first kappa shape index (κ1) is 18.6. The van der Waals surface area contributed by atoms with Crippen molar-refractivity contribution in [2.24, 2.45) is 0 Å². The molecular formula is C14H13BrN2O5S2. The summed E-state index contributed by atoms with van der Waals surface area (Å²) in [6.45, 7) is 2.84. The van der Waals surface area contributed by atoms with E-state index in [0.717, 1.165) is 17.6 Å².